The normalized spacial score (nSPS) is 25.4. The number of carbonyl (C=O) groups is 1. The van der Waals surface area contributed by atoms with Crippen molar-refractivity contribution in [3.63, 3.8) is 0 Å². The molecule has 4 aliphatic rings. The number of hydrogen-bond acceptors (Lipinski definition) is 6. The second kappa shape index (κ2) is 13.1. The van der Waals surface area contributed by atoms with Crippen LogP contribution in [0, 0.1) is 46.7 Å². The van der Waals surface area contributed by atoms with Gasteiger partial charge >= 0.3 is 5.97 Å². The molecule has 1 aliphatic carbocycles. The first-order valence-electron chi connectivity index (χ1n) is 16.0. The Hall–Kier alpha value is -3.02. The van der Waals surface area contributed by atoms with Crippen LogP contribution in [0.2, 0.25) is 0 Å². The van der Waals surface area contributed by atoms with E-state index in [-0.39, 0.29) is 5.82 Å². The number of carboxylic acid groups (broad SMARTS) is 1. The first kappa shape index (κ1) is 29.1. The smallest absolute Gasteiger partial charge is 0.320 e. The Bertz CT molecular complexity index is 1250. The number of anilines is 1. The van der Waals surface area contributed by atoms with Gasteiger partial charge in [-0.05, 0) is 111 Å². The molecule has 3 aliphatic heterocycles. The van der Waals surface area contributed by atoms with E-state index in [0.29, 0.717) is 23.3 Å². The van der Waals surface area contributed by atoms with Gasteiger partial charge < -0.3 is 14.9 Å². The maximum atomic E-state index is 14.0. The lowest BCUT2D eigenvalue weighted by Gasteiger charge is -2.41. The Morgan fingerprint density at radius 1 is 1.00 bits per heavy atom. The van der Waals surface area contributed by atoms with Gasteiger partial charge in [-0.15, -0.1) is 0 Å². The quantitative estimate of drug-likeness (QED) is 0.425. The second-order valence-electron chi connectivity index (χ2n) is 13.3. The van der Waals surface area contributed by atoms with Crippen LogP contribution in [0.5, 0.6) is 0 Å². The van der Waals surface area contributed by atoms with Crippen LogP contribution in [-0.4, -0.2) is 77.7 Å². The average Bonchev–Trinajstić information content (AvgIpc) is 3.76. The lowest BCUT2D eigenvalue weighted by molar-refractivity contribution is -0.143. The molecule has 0 bridgehead atoms. The highest BCUT2D eigenvalue weighted by molar-refractivity contribution is 5.73. The molecular weight excluding hydrogens is 529 g/mol. The number of nitriles is 1. The van der Waals surface area contributed by atoms with Crippen LogP contribution < -0.4 is 4.90 Å². The van der Waals surface area contributed by atoms with Crippen molar-refractivity contribution in [2.75, 3.05) is 50.7 Å². The summed E-state index contributed by atoms with van der Waals surface area (Å²) < 4.78 is 14.0. The van der Waals surface area contributed by atoms with Gasteiger partial charge in [-0.2, -0.15) is 5.26 Å². The van der Waals surface area contributed by atoms with E-state index < -0.39 is 12.0 Å². The molecule has 0 spiro atoms. The Kier molecular flexibility index (Phi) is 9.06. The average molecular weight is 574 g/mol. The minimum Gasteiger partial charge on any atom is -0.480 e. The van der Waals surface area contributed by atoms with Crippen LogP contribution >= 0.6 is 0 Å². The third-order valence-electron chi connectivity index (χ3n) is 10.5. The molecular formula is C34H44FN5O2. The van der Waals surface area contributed by atoms with Gasteiger partial charge in [0.15, 0.2) is 0 Å². The molecule has 224 valence electrons. The van der Waals surface area contributed by atoms with Gasteiger partial charge in [0.25, 0.3) is 0 Å². The Balaban J connectivity index is 1.03. The summed E-state index contributed by atoms with van der Waals surface area (Å²) in [5.41, 5.74) is 1.62. The summed E-state index contributed by atoms with van der Waals surface area (Å²) in [6.45, 7) is 6.87. The molecule has 7 nitrogen and oxygen atoms in total. The topological polar surface area (TPSA) is 83.7 Å². The zero-order chi connectivity index (χ0) is 29.1. The minimum atomic E-state index is -0.686. The van der Waals surface area contributed by atoms with Crippen LogP contribution in [0.25, 0.3) is 0 Å². The van der Waals surface area contributed by atoms with Crippen molar-refractivity contribution in [2.45, 2.75) is 57.4 Å². The zero-order valence-corrected chi connectivity index (χ0v) is 24.6. The third-order valence-corrected chi connectivity index (χ3v) is 10.5. The van der Waals surface area contributed by atoms with Crippen LogP contribution in [0.3, 0.4) is 0 Å². The highest BCUT2D eigenvalue weighted by Crippen LogP contribution is 2.38. The molecule has 1 aromatic heterocycles. The SMILES string of the molecule is N#Cc1ccc(N2CCC(C3CCN(C[C@H]4CN(C(CC5CC5)C(=O)O)C[C@@H]4Cc4cccc(F)c4)CC3)CC2)nc1. The van der Waals surface area contributed by atoms with E-state index in [1.165, 1.54) is 31.7 Å². The molecule has 42 heavy (non-hydrogen) atoms. The first-order chi connectivity index (χ1) is 20.4. The lowest BCUT2D eigenvalue weighted by Crippen LogP contribution is -2.43. The van der Waals surface area contributed by atoms with Crippen LogP contribution in [0.15, 0.2) is 42.6 Å². The largest absolute Gasteiger partial charge is 0.480 e. The summed E-state index contributed by atoms with van der Waals surface area (Å²) >= 11 is 0. The lowest BCUT2D eigenvalue weighted by atomic mass is 9.78. The Morgan fingerprint density at radius 3 is 2.33 bits per heavy atom. The van der Waals surface area contributed by atoms with Gasteiger partial charge in [0.2, 0.25) is 0 Å². The van der Waals surface area contributed by atoms with Crippen molar-refractivity contribution in [3.05, 3.63) is 59.5 Å². The highest BCUT2D eigenvalue weighted by Gasteiger charge is 2.42. The second-order valence-corrected chi connectivity index (χ2v) is 13.3. The number of rotatable bonds is 10. The molecule has 1 N–H and O–H groups in total. The fraction of sp³-hybridized carbons (Fsp3) is 0.618. The number of hydrogen-bond donors (Lipinski definition) is 1. The van der Waals surface area contributed by atoms with Crippen molar-refractivity contribution in [1.29, 1.82) is 5.26 Å². The predicted octanol–water partition coefficient (Wildman–Crippen LogP) is 5.06. The van der Waals surface area contributed by atoms with Gasteiger partial charge in [0, 0.05) is 38.9 Å². The third kappa shape index (κ3) is 7.12. The maximum Gasteiger partial charge on any atom is 0.320 e. The number of aromatic nitrogens is 1. The number of benzene rings is 1. The number of aliphatic carboxylic acids is 1. The molecule has 1 aromatic carbocycles. The van der Waals surface area contributed by atoms with Crippen LogP contribution in [-0.2, 0) is 11.2 Å². The number of carboxylic acids is 1. The number of likely N-dealkylation sites (tertiary alicyclic amines) is 2. The molecule has 8 heteroatoms. The summed E-state index contributed by atoms with van der Waals surface area (Å²) in [7, 11) is 0. The summed E-state index contributed by atoms with van der Waals surface area (Å²) in [6, 6.07) is 12.5. The number of halogens is 1. The van der Waals surface area contributed by atoms with E-state index in [0.717, 1.165) is 94.7 Å². The number of piperidine rings is 2. The summed E-state index contributed by atoms with van der Waals surface area (Å²) in [4.78, 5) is 23.9. The van der Waals surface area contributed by atoms with E-state index in [1.807, 2.05) is 18.2 Å². The fourth-order valence-electron chi connectivity index (χ4n) is 7.89. The van der Waals surface area contributed by atoms with Crippen molar-refractivity contribution in [2.24, 2.45) is 29.6 Å². The molecule has 0 amide bonds. The molecule has 1 saturated carbocycles. The molecule has 0 radical (unpaired) electrons. The summed E-state index contributed by atoms with van der Waals surface area (Å²) in [5.74, 6) is 2.91. The maximum absolute atomic E-state index is 14.0. The Morgan fingerprint density at radius 2 is 1.71 bits per heavy atom. The standard InChI is InChI=1S/C34H44FN5O2/c35-31-3-1-2-25(17-31)16-29-22-40(32(34(41)42)18-24-4-5-24)23-30(29)21-38-12-8-27(9-13-38)28-10-14-39(15-11-28)33-7-6-26(19-36)20-37-33/h1-3,6-7,17,20,24,27-30,32H,4-5,8-16,18,21-23H2,(H,41,42)/t29-,30-,32?/m0/s1. The van der Waals surface area contributed by atoms with Crippen molar-refractivity contribution >= 4 is 11.8 Å². The Labute approximate surface area is 249 Å². The molecule has 4 fully saturated rings. The van der Waals surface area contributed by atoms with Gasteiger partial charge in [-0.25, -0.2) is 9.37 Å². The number of pyridine rings is 1. The van der Waals surface area contributed by atoms with E-state index in [1.54, 1.807) is 18.3 Å². The van der Waals surface area contributed by atoms with Crippen molar-refractivity contribution < 1.29 is 14.3 Å². The monoisotopic (exact) mass is 573 g/mol. The van der Waals surface area contributed by atoms with E-state index in [2.05, 4.69) is 25.8 Å². The first-order valence-corrected chi connectivity index (χ1v) is 16.0. The summed E-state index contributed by atoms with van der Waals surface area (Å²) in [5, 5.41) is 19.1. The predicted molar refractivity (Wildman–Crippen MR) is 160 cm³/mol. The minimum absolute atomic E-state index is 0.197. The molecule has 2 aromatic rings. The molecule has 6 rings (SSSR count). The van der Waals surface area contributed by atoms with E-state index in [9.17, 15) is 14.3 Å². The molecule has 4 heterocycles. The molecule has 1 unspecified atom stereocenters. The summed E-state index contributed by atoms with van der Waals surface area (Å²) in [6.07, 6.45) is 10.4. The number of nitrogens with zero attached hydrogens (tertiary/aromatic N) is 5. The van der Waals surface area contributed by atoms with Gasteiger partial charge in [-0.1, -0.05) is 25.0 Å². The van der Waals surface area contributed by atoms with Gasteiger partial charge in [-0.3, -0.25) is 9.69 Å². The van der Waals surface area contributed by atoms with Crippen LogP contribution in [0.1, 0.15) is 56.1 Å². The van der Waals surface area contributed by atoms with Crippen LogP contribution in [0.4, 0.5) is 10.2 Å². The van der Waals surface area contributed by atoms with Gasteiger partial charge in [0.05, 0.1) is 5.56 Å². The van der Waals surface area contributed by atoms with Crippen molar-refractivity contribution in [3.8, 4) is 6.07 Å². The van der Waals surface area contributed by atoms with E-state index in [4.69, 9.17) is 5.26 Å². The van der Waals surface area contributed by atoms with Crippen molar-refractivity contribution in [1.82, 2.24) is 14.8 Å². The van der Waals surface area contributed by atoms with Gasteiger partial charge in [0.1, 0.15) is 23.7 Å². The molecule has 3 atom stereocenters. The molecule has 3 saturated heterocycles. The highest BCUT2D eigenvalue weighted by atomic mass is 19.1. The fourth-order valence-corrected chi connectivity index (χ4v) is 7.89. The zero-order valence-electron chi connectivity index (χ0n) is 24.6. The van der Waals surface area contributed by atoms with E-state index >= 15 is 0 Å².